The van der Waals surface area contributed by atoms with Gasteiger partial charge in [-0.05, 0) is 24.1 Å². The van der Waals surface area contributed by atoms with E-state index in [2.05, 4.69) is 10.00 Å². The third-order valence-electron chi connectivity index (χ3n) is 4.85. The molecule has 2 fully saturated rings. The molecule has 2 saturated heterocycles. The van der Waals surface area contributed by atoms with Crippen LogP contribution in [-0.4, -0.2) is 39.2 Å². The molecule has 0 radical (unpaired) electrons. The molecular weight excluding hydrogens is 295 g/mol. The molecule has 1 amide bonds. The van der Waals surface area contributed by atoms with E-state index < -0.39 is 0 Å². The molecule has 1 aromatic carbocycles. The van der Waals surface area contributed by atoms with Gasteiger partial charge < -0.3 is 4.90 Å². The Morgan fingerprint density at radius 1 is 1.35 bits per heavy atom. The number of nitrogens with zero attached hydrogens (tertiary/aromatic N) is 4. The fraction of sp³-hybridized carbons (Fsp3) is 0.412. The van der Waals surface area contributed by atoms with Crippen LogP contribution in [-0.2, 0) is 18.4 Å². The van der Waals surface area contributed by atoms with Crippen molar-refractivity contribution in [1.29, 1.82) is 0 Å². The molecule has 2 aliphatic heterocycles. The van der Waals surface area contributed by atoms with Gasteiger partial charge in [0.1, 0.15) is 5.82 Å². The van der Waals surface area contributed by atoms with E-state index >= 15 is 0 Å². The van der Waals surface area contributed by atoms with Crippen molar-refractivity contribution < 1.29 is 9.18 Å². The van der Waals surface area contributed by atoms with Crippen LogP contribution >= 0.6 is 0 Å². The van der Waals surface area contributed by atoms with Crippen molar-refractivity contribution >= 4 is 11.6 Å². The molecule has 0 bridgehead atoms. The minimum Gasteiger partial charge on any atom is -0.305 e. The fourth-order valence-electron chi connectivity index (χ4n) is 3.86. The number of benzene rings is 1. The van der Waals surface area contributed by atoms with Crippen LogP contribution in [0.3, 0.4) is 0 Å². The van der Waals surface area contributed by atoms with Crippen LogP contribution in [0.1, 0.15) is 18.4 Å². The van der Waals surface area contributed by atoms with E-state index in [0.29, 0.717) is 13.0 Å². The number of likely N-dealkylation sites (tertiary alicyclic amines) is 1. The first-order valence-electron chi connectivity index (χ1n) is 7.91. The molecular formula is C17H19FN4O. The molecule has 0 saturated carbocycles. The quantitative estimate of drug-likeness (QED) is 0.869. The molecule has 0 unspecified atom stereocenters. The zero-order valence-electron chi connectivity index (χ0n) is 13.0. The number of fused-ring (bicyclic) bond motifs is 1. The zero-order chi connectivity index (χ0) is 16.0. The summed E-state index contributed by atoms with van der Waals surface area (Å²) in [5.74, 6) is -0.0605. The lowest BCUT2D eigenvalue weighted by molar-refractivity contribution is -0.117. The molecule has 3 heterocycles. The highest BCUT2D eigenvalue weighted by Gasteiger charge is 2.47. The first-order chi connectivity index (χ1) is 11.1. The number of halogens is 1. The summed E-state index contributed by atoms with van der Waals surface area (Å²) in [7, 11) is 1.85. The van der Waals surface area contributed by atoms with Crippen molar-refractivity contribution in [2.24, 2.45) is 7.05 Å². The number of carbonyl (C=O) groups excluding carboxylic acids is 1. The third kappa shape index (κ3) is 2.53. The number of rotatable bonds is 3. The molecule has 0 aliphatic carbocycles. The molecule has 6 heteroatoms. The number of anilines is 1. The van der Waals surface area contributed by atoms with Crippen LogP contribution in [0.4, 0.5) is 10.1 Å². The molecule has 2 aromatic rings. The van der Waals surface area contributed by atoms with E-state index in [1.807, 2.05) is 24.2 Å². The lowest BCUT2D eigenvalue weighted by Gasteiger charge is -2.24. The standard InChI is InChI=1S/C17H19FN4O/c1-20-11-14(9-19-20)22-15-5-6-21(16(15)8-17(22)23)10-12-3-2-4-13(18)7-12/h2-4,7,9,11,15-16H,5-6,8,10H2,1H3/t15-,16+/m1/s1. The second-order valence-corrected chi connectivity index (χ2v) is 6.36. The minimum atomic E-state index is -0.210. The highest BCUT2D eigenvalue weighted by Crippen LogP contribution is 2.36. The average molecular weight is 314 g/mol. The average Bonchev–Trinajstić information content (AvgIpc) is 3.16. The molecule has 23 heavy (non-hydrogen) atoms. The number of carbonyl (C=O) groups is 1. The van der Waals surface area contributed by atoms with Crippen molar-refractivity contribution in [1.82, 2.24) is 14.7 Å². The van der Waals surface area contributed by atoms with Gasteiger partial charge in [0, 0.05) is 38.8 Å². The van der Waals surface area contributed by atoms with Crippen LogP contribution < -0.4 is 4.90 Å². The van der Waals surface area contributed by atoms with Crippen molar-refractivity contribution in [2.45, 2.75) is 31.5 Å². The first kappa shape index (κ1) is 14.4. The van der Waals surface area contributed by atoms with Gasteiger partial charge in [0.15, 0.2) is 0 Å². The SMILES string of the molecule is Cn1cc(N2C(=O)C[C@H]3[C@H]2CCN3Cc2cccc(F)c2)cn1. The fourth-order valence-corrected chi connectivity index (χ4v) is 3.86. The van der Waals surface area contributed by atoms with Crippen LogP contribution in [0.2, 0.25) is 0 Å². The summed E-state index contributed by atoms with van der Waals surface area (Å²) < 4.78 is 15.1. The van der Waals surface area contributed by atoms with Gasteiger partial charge in [0.25, 0.3) is 0 Å². The maximum absolute atomic E-state index is 13.4. The summed E-state index contributed by atoms with van der Waals surface area (Å²) in [6.45, 7) is 1.61. The van der Waals surface area contributed by atoms with Gasteiger partial charge in [-0.1, -0.05) is 12.1 Å². The molecule has 2 aliphatic rings. The normalized spacial score (nSPS) is 24.4. The van der Waals surface area contributed by atoms with Gasteiger partial charge in [-0.15, -0.1) is 0 Å². The summed E-state index contributed by atoms with van der Waals surface area (Å²) in [4.78, 5) is 16.6. The highest BCUT2D eigenvalue weighted by atomic mass is 19.1. The lowest BCUT2D eigenvalue weighted by atomic mass is 10.1. The van der Waals surface area contributed by atoms with E-state index in [1.165, 1.54) is 6.07 Å². The Bertz CT molecular complexity index is 744. The predicted molar refractivity (Wildman–Crippen MR) is 84.3 cm³/mol. The van der Waals surface area contributed by atoms with Crippen LogP contribution in [0.5, 0.6) is 0 Å². The number of amides is 1. The maximum atomic E-state index is 13.4. The van der Waals surface area contributed by atoms with Gasteiger partial charge in [-0.25, -0.2) is 4.39 Å². The van der Waals surface area contributed by atoms with Crippen molar-refractivity contribution in [3.63, 3.8) is 0 Å². The van der Waals surface area contributed by atoms with Gasteiger partial charge >= 0.3 is 0 Å². The Morgan fingerprint density at radius 3 is 2.96 bits per heavy atom. The molecule has 2 atom stereocenters. The van der Waals surface area contributed by atoms with Crippen molar-refractivity contribution in [3.05, 3.63) is 48.0 Å². The van der Waals surface area contributed by atoms with E-state index in [9.17, 15) is 9.18 Å². The first-order valence-corrected chi connectivity index (χ1v) is 7.91. The minimum absolute atomic E-state index is 0.150. The molecule has 0 N–H and O–H groups in total. The number of hydrogen-bond donors (Lipinski definition) is 0. The number of aromatic nitrogens is 2. The Kier molecular flexibility index (Phi) is 3.41. The summed E-state index contributed by atoms with van der Waals surface area (Å²) in [5, 5.41) is 4.17. The maximum Gasteiger partial charge on any atom is 0.229 e. The molecule has 1 aromatic heterocycles. The smallest absolute Gasteiger partial charge is 0.229 e. The molecule has 4 rings (SSSR count). The largest absolute Gasteiger partial charge is 0.305 e. The molecule has 120 valence electrons. The second-order valence-electron chi connectivity index (χ2n) is 6.36. The van der Waals surface area contributed by atoms with E-state index in [0.717, 1.165) is 24.2 Å². The lowest BCUT2D eigenvalue weighted by Crippen LogP contribution is -2.37. The Labute approximate surface area is 134 Å². The van der Waals surface area contributed by atoms with Crippen LogP contribution in [0.15, 0.2) is 36.7 Å². The topological polar surface area (TPSA) is 41.4 Å². The van der Waals surface area contributed by atoms with E-state index in [4.69, 9.17) is 0 Å². The monoisotopic (exact) mass is 314 g/mol. The van der Waals surface area contributed by atoms with Gasteiger partial charge in [-0.3, -0.25) is 14.4 Å². The third-order valence-corrected chi connectivity index (χ3v) is 4.85. The van der Waals surface area contributed by atoms with Crippen LogP contribution in [0, 0.1) is 5.82 Å². The molecule has 5 nitrogen and oxygen atoms in total. The Balaban J connectivity index is 1.54. The van der Waals surface area contributed by atoms with Gasteiger partial charge in [-0.2, -0.15) is 5.10 Å². The van der Waals surface area contributed by atoms with Gasteiger partial charge in [0.2, 0.25) is 5.91 Å². The van der Waals surface area contributed by atoms with Crippen LogP contribution in [0.25, 0.3) is 0 Å². The van der Waals surface area contributed by atoms with E-state index in [1.54, 1.807) is 23.0 Å². The van der Waals surface area contributed by atoms with Crippen molar-refractivity contribution in [2.75, 3.05) is 11.4 Å². The second kappa shape index (κ2) is 5.45. The Hall–Kier alpha value is -2.21. The Morgan fingerprint density at radius 2 is 2.22 bits per heavy atom. The summed E-state index contributed by atoms with van der Waals surface area (Å²) in [6.07, 6.45) is 5.10. The van der Waals surface area contributed by atoms with Gasteiger partial charge in [0.05, 0.1) is 17.9 Å². The summed E-state index contributed by atoms with van der Waals surface area (Å²) >= 11 is 0. The number of aryl methyl sites for hydroxylation is 1. The molecule has 0 spiro atoms. The summed E-state index contributed by atoms with van der Waals surface area (Å²) in [6, 6.07) is 7.10. The predicted octanol–water partition coefficient (Wildman–Crippen LogP) is 1.94. The van der Waals surface area contributed by atoms with Crippen molar-refractivity contribution in [3.8, 4) is 0 Å². The number of hydrogen-bond acceptors (Lipinski definition) is 3. The highest BCUT2D eigenvalue weighted by molar-refractivity contribution is 5.97. The van der Waals surface area contributed by atoms with E-state index in [-0.39, 0.29) is 23.8 Å². The summed E-state index contributed by atoms with van der Waals surface area (Å²) in [5.41, 5.74) is 1.83. The zero-order valence-corrected chi connectivity index (χ0v) is 13.0.